The molecule has 0 unspecified atom stereocenters. The number of aryl methyl sites for hydroxylation is 1. The lowest BCUT2D eigenvalue weighted by Crippen LogP contribution is -2.35. The van der Waals surface area contributed by atoms with E-state index in [1.165, 1.54) is 31.2 Å². The van der Waals surface area contributed by atoms with Gasteiger partial charge in [0, 0.05) is 5.56 Å². The van der Waals surface area contributed by atoms with Crippen LogP contribution in [0.4, 0.5) is 0 Å². The Morgan fingerprint density at radius 3 is 2.72 bits per heavy atom. The third kappa shape index (κ3) is 4.18. The van der Waals surface area contributed by atoms with Crippen molar-refractivity contribution in [2.45, 2.75) is 57.9 Å². The summed E-state index contributed by atoms with van der Waals surface area (Å²) in [6.45, 7) is 3.07. The van der Waals surface area contributed by atoms with Crippen molar-refractivity contribution in [3.63, 3.8) is 0 Å². The topological polar surface area (TPSA) is 94.0 Å². The molecule has 1 atom stereocenters. The highest BCUT2D eigenvalue weighted by atomic mass is 16.5. The fourth-order valence-corrected chi connectivity index (χ4v) is 3.40. The van der Waals surface area contributed by atoms with Crippen LogP contribution < -0.4 is 11.5 Å². The number of hydrogen-bond donors (Lipinski definition) is 2. The Kier molecular flexibility index (Phi) is 5.68. The van der Waals surface area contributed by atoms with Gasteiger partial charge < -0.3 is 4.52 Å². The molecule has 25 heavy (non-hydrogen) atoms. The molecule has 0 aliphatic carbocycles. The van der Waals surface area contributed by atoms with Crippen molar-refractivity contribution in [1.82, 2.24) is 10.1 Å². The fraction of sp³-hybridized carbons (Fsp3) is 0.526. The van der Waals surface area contributed by atoms with Crippen LogP contribution in [-0.4, -0.2) is 27.2 Å². The maximum absolute atomic E-state index is 5.75. The van der Waals surface area contributed by atoms with Crippen molar-refractivity contribution in [3.8, 4) is 11.4 Å². The summed E-state index contributed by atoms with van der Waals surface area (Å²) in [5.41, 5.74) is 13.8. The number of rotatable bonds is 7. The Hall–Kier alpha value is -2.37. The molecule has 134 valence electrons. The third-order valence-corrected chi connectivity index (χ3v) is 4.84. The highest BCUT2D eigenvalue weighted by Crippen LogP contribution is 2.28. The van der Waals surface area contributed by atoms with Crippen molar-refractivity contribution >= 4 is 5.96 Å². The molecule has 0 spiro atoms. The number of nitrogens with two attached hydrogens (primary N) is 2. The first-order chi connectivity index (χ1) is 12.2. The van der Waals surface area contributed by atoms with Gasteiger partial charge in [0.25, 0.3) is 5.89 Å². The van der Waals surface area contributed by atoms with E-state index in [2.05, 4.69) is 41.3 Å². The molecule has 1 saturated heterocycles. The summed E-state index contributed by atoms with van der Waals surface area (Å²) in [6.07, 6.45) is 8.20. The summed E-state index contributed by atoms with van der Waals surface area (Å²) in [7, 11) is 0. The maximum Gasteiger partial charge on any atom is 0.341 e. The maximum atomic E-state index is 5.75. The Balaban J connectivity index is 1.67. The van der Waals surface area contributed by atoms with E-state index in [-0.39, 0.29) is 6.04 Å². The van der Waals surface area contributed by atoms with Gasteiger partial charge in [-0.15, -0.1) is 0 Å². The molecule has 0 amide bonds. The molecule has 0 radical (unpaired) electrons. The molecule has 1 aliphatic rings. The van der Waals surface area contributed by atoms with Gasteiger partial charge in [0.1, 0.15) is 0 Å². The van der Waals surface area contributed by atoms with Crippen LogP contribution in [0.3, 0.4) is 0 Å². The normalized spacial score (nSPS) is 17.2. The molecule has 6 heteroatoms. The molecule has 4 N–H and O–H groups in total. The predicted octanol–water partition coefficient (Wildman–Crippen LogP) is 2.98. The summed E-state index contributed by atoms with van der Waals surface area (Å²) in [4.78, 5) is 4.57. The zero-order valence-electron chi connectivity index (χ0n) is 14.9. The Morgan fingerprint density at radius 1 is 1.20 bits per heavy atom. The van der Waals surface area contributed by atoms with E-state index in [4.69, 9.17) is 16.0 Å². The number of guanidine groups is 1. The van der Waals surface area contributed by atoms with Crippen LogP contribution in [0.25, 0.3) is 11.4 Å². The van der Waals surface area contributed by atoms with Gasteiger partial charge in [0.05, 0.1) is 6.54 Å². The molecule has 1 aliphatic heterocycles. The van der Waals surface area contributed by atoms with Gasteiger partial charge in [-0.1, -0.05) is 55.6 Å². The van der Waals surface area contributed by atoms with Gasteiger partial charge in [-0.05, 0) is 31.2 Å². The second-order valence-corrected chi connectivity index (χ2v) is 6.74. The molecule has 3 rings (SSSR count). The quantitative estimate of drug-likeness (QED) is 0.458. The monoisotopic (exact) mass is 342 g/mol. The van der Waals surface area contributed by atoms with Gasteiger partial charge in [0.15, 0.2) is 6.04 Å². The summed E-state index contributed by atoms with van der Waals surface area (Å²) >= 11 is 0. The number of aromatic nitrogens is 2. The van der Waals surface area contributed by atoms with E-state index in [1.807, 2.05) is 4.58 Å². The van der Waals surface area contributed by atoms with E-state index < -0.39 is 0 Å². The van der Waals surface area contributed by atoms with E-state index in [0.29, 0.717) is 17.7 Å². The summed E-state index contributed by atoms with van der Waals surface area (Å²) in [5, 5.41) is 4.14. The Bertz CT molecular complexity index is 716. The number of hydrogen-bond acceptors (Lipinski definition) is 3. The minimum absolute atomic E-state index is 0.0101. The van der Waals surface area contributed by atoms with E-state index in [1.54, 1.807) is 0 Å². The summed E-state index contributed by atoms with van der Waals surface area (Å²) in [5.74, 6) is 1.52. The average molecular weight is 342 g/mol. The largest absolute Gasteiger partial charge is 0.341 e. The summed E-state index contributed by atoms with van der Waals surface area (Å²) < 4.78 is 7.41. The van der Waals surface area contributed by atoms with Crippen LogP contribution in [0, 0.1) is 0 Å². The van der Waals surface area contributed by atoms with E-state index in [9.17, 15) is 0 Å². The van der Waals surface area contributed by atoms with Crippen LogP contribution >= 0.6 is 0 Å². The van der Waals surface area contributed by atoms with Gasteiger partial charge in [-0.3, -0.25) is 16.0 Å². The van der Waals surface area contributed by atoms with Crippen molar-refractivity contribution in [3.05, 3.63) is 35.7 Å². The van der Waals surface area contributed by atoms with Crippen LogP contribution in [-0.2, 0) is 6.42 Å². The smallest absolute Gasteiger partial charge is 0.335 e. The second-order valence-electron chi connectivity index (χ2n) is 6.74. The lowest BCUT2D eigenvalue weighted by atomic mass is 10.0. The van der Waals surface area contributed by atoms with Crippen molar-refractivity contribution in [1.29, 1.82) is 0 Å². The van der Waals surface area contributed by atoms with Gasteiger partial charge in [-0.2, -0.15) is 4.98 Å². The van der Waals surface area contributed by atoms with Crippen molar-refractivity contribution in [2.24, 2.45) is 11.5 Å². The molecule has 0 bridgehead atoms. The first-order valence-electron chi connectivity index (χ1n) is 9.26. The minimum Gasteiger partial charge on any atom is -0.335 e. The standard InChI is InChI=1S/C19H27N5O/c1-2-3-4-5-7-14-9-11-15(12-10-14)17-22-18(25-23-17)16-8-6-13-24(16)19(20)21/h9-12,16H,2-8,13H2,1H3,(H3,20,21)/p+1/t16-/m0/s1. The van der Waals surface area contributed by atoms with Crippen LogP contribution in [0.1, 0.15) is 62.9 Å². The van der Waals surface area contributed by atoms with Gasteiger partial charge in [-0.25, -0.2) is 0 Å². The minimum atomic E-state index is -0.0101. The van der Waals surface area contributed by atoms with Crippen LogP contribution in [0.5, 0.6) is 0 Å². The molecular weight excluding hydrogens is 314 g/mol. The van der Waals surface area contributed by atoms with E-state index in [0.717, 1.165) is 31.4 Å². The van der Waals surface area contributed by atoms with Gasteiger partial charge >= 0.3 is 5.96 Å². The zero-order valence-corrected chi connectivity index (χ0v) is 14.9. The molecule has 2 aromatic rings. The molecular formula is C19H28N5O+. The lowest BCUT2D eigenvalue weighted by molar-refractivity contribution is -0.555. The Labute approximate surface area is 148 Å². The van der Waals surface area contributed by atoms with Gasteiger partial charge in [0.2, 0.25) is 5.82 Å². The van der Waals surface area contributed by atoms with Crippen LogP contribution in [0.15, 0.2) is 28.8 Å². The van der Waals surface area contributed by atoms with Crippen LogP contribution in [0.2, 0.25) is 0 Å². The zero-order chi connectivity index (χ0) is 17.6. The molecule has 6 nitrogen and oxygen atoms in total. The number of benzene rings is 1. The molecule has 1 aromatic heterocycles. The molecule has 2 heterocycles. The first-order valence-corrected chi connectivity index (χ1v) is 9.26. The van der Waals surface area contributed by atoms with Crippen molar-refractivity contribution in [2.75, 3.05) is 6.54 Å². The second kappa shape index (κ2) is 8.14. The molecule has 1 fully saturated rings. The Morgan fingerprint density at radius 2 is 2.00 bits per heavy atom. The number of unbranched alkanes of at least 4 members (excludes halogenated alkanes) is 3. The molecule has 1 aromatic carbocycles. The SMILES string of the molecule is CCCCCCc1ccc(-c2noc([C@@H]3CCC[N+]3=C(N)N)n2)cc1. The lowest BCUT2D eigenvalue weighted by Gasteiger charge is -2.07. The number of nitrogens with zero attached hydrogens (tertiary/aromatic N) is 3. The third-order valence-electron chi connectivity index (χ3n) is 4.84. The fourth-order valence-electron chi connectivity index (χ4n) is 3.40. The molecule has 0 saturated carbocycles. The van der Waals surface area contributed by atoms with E-state index >= 15 is 0 Å². The highest BCUT2D eigenvalue weighted by Gasteiger charge is 2.31. The van der Waals surface area contributed by atoms with Crippen molar-refractivity contribution < 1.29 is 9.10 Å². The first kappa shape index (κ1) is 17.5. The summed E-state index contributed by atoms with van der Waals surface area (Å²) in [6, 6.07) is 8.44. The predicted molar refractivity (Wildman–Crippen MR) is 98.1 cm³/mol. The highest BCUT2D eigenvalue weighted by molar-refractivity contribution is 5.70. The average Bonchev–Trinajstić information content (AvgIpc) is 3.28.